The van der Waals surface area contributed by atoms with Crippen molar-refractivity contribution in [3.63, 3.8) is 0 Å². The summed E-state index contributed by atoms with van der Waals surface area (Å²) < 4.78 is 5.81. The number of nitrogens with zero attached hydrogens (tertiary/aromatic N) is 2. The Labute approximate surface area is 178 Å². The average Bonchev–Trinajstić information content (AvgIpc) is 3.11. The van der Waals surface area contributed by atoms with Crippen LogP contribution in [0.3, 0.4) is 0 Å². The van der Waals surface area contributed by atoms with Gasteiger partial charge in [0.1, 0.15) is 6.04 Å². The van der Waals surface area contributed by atoms with Crippen LogP contribution in [0.2, 0.25) is 0 Å². The summed E-state index contributed by atoms with van der Waals surface area (Å²) in [5.74, 6) is 0.361. The molecule has 30 heavy (non-hydrogen) atoms. The van der Waals surface area contributed by atoms with E-state index in [-0.39, 0.29) is 47.9 Å². The Hall–Kier alpha value is -1.63. The molecule has 0 radical (unpaired) electrons. The lowest BCUT2D eigenvalue weighted by Crippen LogP contribution is -2.83. The van der Waals surface area contributed by atoms with E-state index in [2.05, 4.69) is 43.1 Å². The van der Waals surface area contributed by atoms with Crippen molar-refractivity contribution in [1.82, 2.24) is 0 Å². The molecule has 0 amide bonds. The Kier molecular flexibility index (Phi) is 3.81. The standard InChI is InChI=1S/C24H33N2O4/c1-4-13-14-10-17-21-24(15-8-6-7-9-16(15)25(21)3)11-18(20(14)22(24)28)26(17,23(13)29)12-19(27)30-5-2/h6-9,13-14,17-18,20-23,28-29H,4-5,10-12H2,1-3H3/q+1/t13-,14-,17+,18-,20+,21+,22-,23+,24+,26?/m0/s1. The molecular weight excluding hydrogens is 380 g/mol. The van der Waals surface area contributed by atoms with Crippen LogP contribution in [0.25, 0.3) is 0 Å². The number of fused-ring (bicyclic) bond motifs is 2. The maximum Gasteiger partial charge on any atom is 0.361 e. The largest absolute Gasteiger partial charge is 0.462 e. The van der Waals surface area contributed by atoms with Crippen LogP contribution in [-0.2, 0) is 14.9 Å². The molecule has 5 heterocycles. The van der Waals surface area contributed by atoms with E-state index >= 15 is 0 Å². The molecule has 4 saturated heterocycles. The molecule has 2 N–H and O–H groups in total. The molecule has 5 bridgehead atoms. The van der Waals surface area contributed by atoms with Crippen LogP contribution in [0.4, 0.5) is 5.69 Å². The van der Waals surface area contributed by atoms with Gasteiger partial charge in [0.2, 0.25) is 0 Å². The van der Waals surface area contributed by atoms with E-state index in [1.807, 2.05) is 6.92 Å². The third-order valence-corrected chi connectivity index (χ3v) is 9.83. The van der Waals surface area contributed by atoms with Gasteiger partial charge < -0.3 is 19.8 Å². The quantitative estimate of drug-likeness (QED) is 0.580. The van der Waals surface area contributed by atoms with Gasteiger partial charge in [-0.3, -0.25) is 4.48 Å². The number of piperidine rings is 4. The SMILES string of the molecule is CCOC(=O)C[N+]12[C@H](O)[C@@H](CC)[C@@H]3C[C@@H]1[C@H]1N(C)c4ccccc4[C@]14C[C@H]2[C@@H]3[C@@H]4O. The van der Waals surface area contributed by atoms with Crippen LogP contribution in [0.5, 0.6) is 0 Å². The third kappa shape index (κ3) is 1.83. The maximum atomic E-state index is 12.8. The molecule has 1 saturated carbocycles. The Morgan fingerprint density at radius 1 is 1.27 bits per heavy atom. The van der Waals surface area contributed by atoms with Crippen molar-refractivity contribution < 1.29 is 24.2 Å². The van der Waals surface area contributed by atoms with Crippen LogP contribution in [-0.4, -0.2) is 71.3 Å². The summed E-state index contributed by atoms with van der Waals surface area (Å²) in [6.45, 7) is 4.55. The second kappa shape index (κ2) is 5.99. The van der Waals surface area contributed by atoms with Crippen molar-refractivity contribution in [3.05, 3.63) is 29.8 Å². The number of carbonyl (C=O) groups excluding carboxylic acids is 1. The summed E-state index contributed by atoms with van der Waals surface area (Å²) in [5.41, 5.74) is 2.17. The highest BCUT2D eigenvalue weighted by Gasteiger charge is 2.83. The number of ether oxygens (including phenoxy) is 1. The van der Waals surface area contributed by atoms with Crippen LogP contribution >= 0.6 is 0 Å². The Bertz CT molecular complexity index is 907. The number of esters is 1. The van der Waals surface area contributed by atoms with Gasteiger partial charge in [0, 0.05) is 37.4 Å². The second-order valence-electron chi connectivity index (χ2n) is 10.3. The topological polar surface area (TPSA) is 70.0 Å². The molecule has 0 aromatic heterocycles. The molecule has 1 spiro atoms. The summed E-state index contributed by atoms with van der Waals surface area (Å²) in [6.07, 6.45) is 1.69. The number of anilines is 1. The first kappa shape index (κ1) is 19.1. The summed E-state index contributed by atoms with van der Waals surface area (Å²) in [4.78, 5) is 15.2. The zero-order valence-corrected chi connectivity index (χ0v) is 18.1. The van der Waals surface area contributed by atoms with E-state index in [1.165, 1.54) is 11.3 Å². The number of quaternary nitrogens is 1. The van der Waals surface area contributed by atoms with Gasteiger partial charge in [0.25, 0.3) is 0 Å². The highest BCUT2D eigenvalue weighted by atomic mass is 16.5. The van der Waals surface area contributed by atoms with Gasteiger partial charge in [-0.1, -0.05) is 25.1 Å². The minimum Gasteiger partial charge on any atom is -0.462 e. The Morgan fingerprint density at radius 2 is 2.03 bits per heavy atom. The van der Waals surface area contributed by atoms with Crippen LogP contribution in [0, 0.1) is 17.8 Å². The van der Waals surface area contributed by atoms with E-state index in [9.17, 15) is 15.0 Å². The first-order chi connectivity index (χ1) is 14.4. The number of aliphatic hydroxyl groups excluding tert-OH is 2. The highest BCUT2D eigenvalue weighted by molar-refractivity contribution is 5.71. The summed E-state index contributed by atoms with van der Waals surface area (Å²) in [6, 6.07) is 8.84. The van der Waals surface area contributed by atoms with Gasteiger partial charge in [-0.25, -0.2) is 4.79 Å². The minimum atomic E-state index is -0.565. The Balaban J connectivity index is 1.57. The molecule has 1 aliphatic carbocycles. The lowest BCUT2D eigenvalue weighted by Gasteiger charge is -2.67. The van der Waals surface area contributed by atoms with Gasteiger partial charge in [-0.05, 0) is 30.9 Å². The molecule has 6 heteroatoms. The number of likely N-dealkylation sites (N-methyl/N-ethyl adjacent to an activating group) is 1. The van der Waals surface area contributed by atoms with Crippen molar-refractivity contribution in [1.29, 1.82) is 0 Å². The summed E-state index contributed by atoms with van der Waals surface area (Å²) in [5, 5.41) is 23.7. The van der Waals surface area contributed by atoms with Gasteiger partial charge in [0.15, 0.2) is 12.8 Å². The third-order valence-electron chi connectivity index (χ3n) is 9.83. The zero-order chi connectivity index (χ0) is 21.0. The molecule has 5 aliphatic heterocycles. The molecule has 10 atom stereocenters. The van der Waals surface area contributed by atoms with Gasteiger partial charge in [0.05, 0.1) is 30.2 Å². The van der Waals surface area contributed by atoms with Crippen LogP contribution in [0.1, 0.15) is 38.7 Å². The monoisotopic (exact) mass is 413 g/mol. The van der Waals surface area contributed by atoms with Crippen molar-refractivity contribution >= 4 is 11.7 Å². The van der Waals surface area contributed by atoms with Gasteiger partial charge in [-0.15, -0.1) is 0 Å². The number of hydrogen-bond acceptors (Lipinski definition) is 5. The number of carbonyl (C=O) groups is 1. The van der Waals surface area contributed by atoms with Gasteiger partial charge >= 0.3 is 5.97 Å². The lowest BCUT2D eigenvalue weighted by atomic mass is 9.60. The number of para-hydroxylation sites is 1. The maximum absolute atomic E-state index is 12.8. The van der Waals surface area contributed by atoms with E-state index in [0.717, 1.165) is 19.3 Å². The molecule has 1 unspecified atom stereocenters. The molecule has 1 aromatic carbocycles. The molecule has 6 aliphatic rings. The summed E-state index contributed by atoms with van der Waals surface area (Å²) >= 11 is 0. The fraction of sp³-hybridized carbons (Fsp3) is 0.708. The fourth-order valence-corrected chi connectivity index (χ4v) is 9.13. The van der Waals surface area contributed by atoms with Crippen LogP contribution < -0.4 is 4.90 Å². The second-order valence-corrected chi connectivity index (χ2v) is 10.3. The van der Waals surface area contributed by atoms with Crippen molar-refractivity contribution in [3.8, 4) is 0 Å². The predicted octanol–water partition coefficient (Wildman–Crippen LogP) is 1.63. The fourth-order valence-electron chi connectivity index (χ4n) is 9.13. The smallest absolute Gasteiger partial charge is 0.361 e. The highest BCUT2D eigenvalue weighted by Crippen LogP contribution is 2.71. The molecule has 7 rings (SSSR count). The van der Waals surface area contributed by atoms with E-state index < -0.39 is 12.3 Å². The van der Waals surface area contributed by atoms with Crippen LogP contribution in [0.15, 0.2) is 24.3 Å². The number of benzene rings is 1. The summed E-state index contributed by atoms with van der Waals surface area (Å²) in [7, 11) is 2.14. The number of rotatable bonds is 4. The first-order valence-electron chi connectivity index (χ1n) is 11.6. The average molecular weight is 414 g/mol. The molecule has 162 valence electrons. The molecular formula is C24H33N2O4+. The number of aliphatic hydroxyl groups is 2. The van der Waals surface area contributed by atoms with Crippen molar-refractivity contribution in [2.24, 2.45) is 17.8 Å². The normalized spacial score (nSPS) is 49.3. The minimum absolute atomic E-state index is 0.0954. The number of hydrogen-bond donors (Lipinski definition) is 2. The van der Waals surface area contributed by atoms with Crippen molar-refractivity contribution in [2.45, 2.75) is 69.0 Å². The van der Waals surface area contributed by atoms with E-state index in [4.69, 9.17) is 4.74 Å². The molecule has 6 nitrogen and oxygen atoms in total. The lowest BCUT2D eigenvalue weighted by molar-refractivity contribution is -1.03. The van der Waals surface area contributed by atoms with E-state index in [1.54, 1.807) is 0 Å². The van der Waals surface area contributed by atoms with E-state index in [0.29, 0.717) is 17.0 Å². The molecule has 1 aromatic rings. The first-order valence-corrected chi connectivity index (χ1v) is 11.6. The predicted molar refractivity (Wildman–Crippen MR) is 112 cm³/mol. The van der Waals surface area contributed by atoms with Crippen molar-refractivity contribution in [2.75, 3.05) is 25.1 Å². The molecule has 5 fully saturated rings. The van der Waals surface area contributed by atoms with Gasteiger partial charge in [-0.2, -0.15) is 0 Å². The zero-order valence-electron chi connectivity index (χ0n) is 18.1. The Morgan fingerprint density at radius 3 is 2.77 bits per heavy atom.